The first-order valence-electron chi connectivity index (χ1n) is 15.4. The lowest BCUT2D eigenvalue weighted by molar-refractivity contribution is 0.0299. The minimum atomic E-state index is -1.22. The number of hydrogen-bond donors (Lipinski definition) is 1. The van der Waals surface area contributed by atoms with E-state index in [1.165, 1.54) is 25.7 Å². The highest BCUT2D eigenvalue weighted by Gasteiger charge is 2.24. The summed E-state index contributed by atoms with van der Waals surface area (Å²) < 4.78 is 11.5. The topological polar surface area (TPSA) is 118 Å². The van der Waals surface area contributed by atoms with E-state index >= 15 is 0 Å². The van der Waals surface area contributed by atoms with Gasteiger partial charge < -0.3 is 19.7 Å². The average molecular weight is 633 g/mol. The van der Waals surface area contributed by atoms with Gasteiger partial charge in [-0.25, -0.2) is 9.97 Å². The van der Waals surface area contributed by atoms with Crippen LogP contribution in [0.3, 0.4) is 0 Å². The van der Waals surface area contributed by atoms with Crippen LogP contribution in [0.2, 0.25) is 25.7 Å². The molecule has 0 unspecified atom stereocenters. The van der Waals surface area contributed by atoms with Crippen molar-refractivity contribution < 1.29 is 14.3 Å². The number of aromatic nitrogens is 5. The van der Waals surface area contributed by atoms with Gasteiger partial charge in [0.25, 0.3) is 5.91 Å². The van der Waals surface area contributed by atoms with Crippen LogP contribution in [0.5, 0.6) is 0 Å². The molecule has 0 atom stereocenters. The fourth-order valence-electron chi connectivity index (χ4n) is 5.33. The first-order valence-corrected chi connectivity index (χ1v) is 19.9. The number of carbonyl (C=O) groups is 1. The number of ether oxygens (including phenoxy) is 2. The lowest BCUT2D eigenvalue weighted by Gasteiger charge is -2.26. The summed E-state index contributed by atoms with van der Waals surface area (Å²) in [7, 11) is -1.22. The van der Waals surface area contributed by atoms with Crippen LogP contribution in [0.1, 0.15) is 47.1 Å². The number of rotatable bonds is 11. The van der Waals surface area contributed by atoms with Gasteiger partial charge in [0.15, 0.2) is 0 Å². The van der Waals surface area contributed by atoms with Gasteiger partial charge in [-0.3, -0.25) is 14.7 Å². The highest BCUT2D eigenvalue weighted by molar-refractivity contribution is 7.15. The van der Waals surface area contributed by atoms with E-state index in [0.29, 0.717) is 51.3 Å². The predicted octanol–water partition coefficient (Wildman–Crippen LogP) is 6.20. The molecule has 0 aromatic carbocycles. The van der Waals surface area contributed by atoms with Crippen LogP contribution < -0.4 is 10.2 Å². The van der Waals surface area contributed by atoms with Crippen molar-refractivity contribution in [2.24, 2.45) is 0 Å². The number of nitrogens with one attached hydrogen (secondary N) is 1. The van der Waals surface area contributed by atoms with Gasteiger partial charge in [-0.15, -0.1) is 10.2 Å². The summed E-state index contributed by atoms with van der Waals surface area (Å²) in [6, 6.07) is 10.6. The zero-order valence-electron chi connectivity index (χ0n) is 25.7. The maximum Gasteiger partial charge on any atom is 0.272 e. The maximum atomic E-state index is 12.8. The molecule has 4 aromatic rings. The largest absolute Gasteiger partial charge is 0.378 e. The third-order valence-corrected chi connectivity index (χ3v) is 10.8. The van der Waals surface area contributed by atoms with Crippen LogP contribution in [0.4, 0.5) is 22.3 Å². The molecule has 1 aliphatic heterocycles. The number of anilines is 4. The van der Waals surface area contributed by atoms with Gasteiger partial charge in [-0.2, -0.15) is 0 Å². The molecule has 0 radical (unpaired) electrons. The number of hydrogen-bond acceptors (Lipinski definition) is 11. The lowest BCUT2D eigenvalue weighted by atomic mass is 10.1. The van der Waals surface area contributed by atoms with Crippen LogP contribution in [0.15, 0.2) is 42.7 Å². The normalized spacial score (nSPS) is 16.0. The Kier molecular flexibility index (Phi) is 9.45. The van der Waals surface area contributed by atoms with E-state index in [1.54, 1.807) is 34.7 Å². The van der Waals surface area contributed by atoms with Gasteiger partial charge in [0.05, 0.1) is 48.0 Å². The molecule has 1 aliphatic carbocycles. The molecule has 6 rings (SSSR count). The lowest BCUT2D eigenvalue weighted by Crippen LogP contribution is -2.41. The van der Waals surface area contributed by atoms with Crippen LogP contribution in [0, 0.1) is 0 Å². The van der Waals surface area contributed by atoms with Crippen molar-refractivity contribution in [2.45, 2.75) is 57.3 Å². The van der Waals surface area contributed by atoms with E-state index < -0.39 is 8.07 Å². The first kappa shape index (κ1) is 30.5. The minimum Gasteiger partial charge on any atom is -0.378 e. The number of fused-ring (bicyclic) bond motifs is 1. The predicted molar refractivity (Wildman–Crippen MR) is 176 cm³/mol. The molecule has 44 heavy (non-hydrogen) atoms. The van der Waals surface area contributed by atoms with Gasteiger partial charge in [0.1, 0.15) is 23.3 Å². The van der Waals surface area contributed by atoms with Crippen molar-refractivity contribution in [3.63, 3.8) is 0 Å². The second-order valence-corrected chi connectivity index (χ2v) is 19.2. The van der Waals surface area contributed by atoms with Crippen molar-refractivity contribution in [3.05, 3.63) is 53.4 Å². The smallest absolute Gasteiger partial charge is 0.272 e. The fraction of sp³-hybridized carbons (Fsp3) is 0.484. The van der Waals surface area contributed by atoms with E-state index in [4.69, 9.17) is 14.5 Å². The molecule has 0 spiro atoms. The molecule has 11 nitrogen and oxygen atoms in total. The van der Waals surface area contributed by atoms with E-state index in [0.717, 1.165) is 44.4 Å². The van der Waals surface area contributed by atoms with Gasteiger partial charge in [0.2, 0.25) is 5.13 Å². The Hall–Kier alpha value is -3.52. The summed E-state index contributed by atoms with van der Waals surface area (Å²) in [6.45, 7) is 10.4. The molecule has 2 aliphatic rings. The molecule has 13 heteroatoms. The monoisotopic (exact) mass is 632 g/mol. The van der Waals surface area contributed by atoms with Crippen LogP contribution in [-0.4, -0.2) is 83.7 Å². The van der Waals surface area contributed by atoms with Crippen molar-refractivity contribution in [1.29, 1.82) is 0 Å². The molecule has 4 aromatic heterocycles. The highest BCUT2D eigenvalue weighted by atomic mass is 32.1. The Morgan fingerprint density at radius 3 is 2.59 bits per heavy atom. The van der Waals surface area contributed by atoms with Crippen molar-refractivity contribution in [2.75, 3.05) is 49.9 Å². The Labute approximate surface area is 263 Å². The van der Waals surface area contributed by atoms with Crippen LogP contribution in [-0.2, 0) is 9.47 Å². The van der Waals surface area contributed by atoms with Gasteiger partial charge >= 0.3 is 0 Å². The number of nitrogens with zero attached hydrogens (tertiary/aromatic N) is 7. The summed E-state index contributed by atoms with van der Waals surface area (Å²) in [6.07, 6.45) is 8.31. The van der Waals surface area contributed by atoms with E-state index in [2.05, 4.69) is 45.1 Å². The third-order valence-electron chi connectivity index (χ3n) is 7.95. The Balaban J connectivity index is 1.20. The second kappa shape index (κ2) is 13.6. The summed E-state index contributed by atoms with van der Waals surface area (Å²) >= 11 is 1.64. The average Bonchev–Trinajstić information content (AvgIpc) is 3.74. The van der Waals surface area contributed by atoms with E-state index in [-0.39, 0.29) is 5.91 Å². The summed E-state index contributed by atoms with van der Waals surface area (Å²) in [5.41, 5.74) is 3.47. The Morgan fingerprint density at radius 2 is 1.84 bits per heavy atom. The van der Waals surface area contributed by atoms with Gasteiger partial charge in [-0.1, -0.05) is 43.8 Å². The Bertz CT molecular complexity index is 1570. The molecule has 0 bridgehead atoms. The molecule has 1 amide bonds. The molecular weight excluding hydrogens is 593 g/mol. The SMILES string of the molecule is C[Si](C)(C)CCOCN(c1ccc2ncc(Nc3ccc(C(=O)N4CCOCC4)nc3)cc2n1)c1nnc(C2CCCC2)s1. The molecule has 2 fully saturated rings. The summed E-state index contributed by atoms with van der Waals surface area (Å²) in [4.78, 5) is 30.6. The van der Waals surface area contributed by atoms with Crippen molar-refractivity contribution in [3.8, 4) is 0 Å². The second-order valence-electron chi connectivity index (χ2n) is 12.6. The van der Waals surface area contributed by atoms with Crippen LogP contribution >= 0.6 is 11.3 Å². The fourth-order valence-corrected chi connectivity index (χ4v) is 7.10. The van der Waals surface area contributed by atoms with Gasteiger partial charge in [0, 0.05) is 33.7 Å². The maximum absolute atomic E-state index is 12.8. The molecule has 1 N–H and O–H groups in total. The summed E-state index contributed by atoms with van der Waals surface area (Å²) in [5, 5.41) is 14.4. The zero-order chi connectivity index (χ0) is 30.5. The van der Waals surface area contributed by atoms with Crippen molar-refractivity contribution in [1.82, 2.24) is 30.0 Å². The van der Waals surface area contributed by atoms with Crippen LogP contribution in [0.25, 0.3) is 11.0 Å². The zero-order valence-corrected chi connectivity index (χ0v) is 27.5. The quantitative estimate of drug-likeness (QED) is 0.116. The molecule has 5 heterocycles. The molecular formula is C31H40N8O3SSi. The third kappa shape index (κ3) is 7.57. The molecule has 1 saturated heterocycles. The highest BCUT2D eigenvalue weighted by Crippen LogP contribution is 2.38. The summed E-state index contributed by atoms with van der Waals surface area (Å²) in [5.74, 6) is 1.16. The molecule has 232 valence electrons. The molecule has 1 saturated carbocycles. The number of carbonyl (C=O) groups excluding carboxylic acids is 1. The number of morpholine rings is 1. The number of pyridine rings is 3. The van der Waals surface area contributed by atoms with E-state index in [9.17, 15) is 4.79 Å². The Morgan fingerprint density at radius 1 is 1.05 bits per heavy atom. The van der Waals surface area contributed by atoms with Crippen molar-refractivity contribution >= 4 is 58.7 Å². The first-order chi connectivity index (χ1) is 21.3. The minimum absolute atomic E-state index is 0.0799. The standard InChI is InChI=1S/C31H40N8O3SSi/c1-44(2,3)17-16-42-21-39(31-37-36-29(43-31)22-6-4-5-7-22)28-11-10-25-27(35-28)18-24(20-32-25)34-23-8-9-26(33-19-23)30(40)38-12-14-41-15-13-38/h8-11,18-20,22,34H,4-7,12-17,21H2,1-3H3. The van der Waals surface area contributed by atoms with Gasteiger partial charge in [-0.05, 0) is 49.2 Å². The number of amides is 1. The van der Waals surface area contributed by atoms with E-state index in [1.807, 2.05) is 29.2 Å².